The Kier molecular flexibility index (Phi) is 9.58. The smallest absolute Gasteiger partial charge is 0.138 e. The van der Waals surface area contributed by atoms with Gasteiger partial charge in [0.25, 0.3) is 0 Å². The van der Waals surface area contributed by atoms with Gasteiger partial charge in [-0.15, -0.1) is 11.3 Å². The van der Waals surface area contributed by atoms with E-state index in [-0.39, 0.29) is 12.6 Å². The van der Waals surface area contributed by atoms with Gasteiger partial charge in [0, 0.05) is 41.2 Å². The van der Waals surface area contributed by atoms with E-state index in [9.17, 15) is 9.32 Å². The molecule has 0 aliphatic heterocycles. The van der Waals surface area contributed by atoms with Crippen molar-refractivity contribution in [2.24, 2.45) is 4.36 Å². The molecule has 3 aromatic rings. The van der Waals surface area contributed by atoms with Crippen LogP contribution in [-0.4, -0.2) is 69.3 Å². The van der Waals surface area contributed by atoms with Crippen LogP contribution in [0.5, 0.6) is 0 Å². The predicted molar refractivity (Wildman–Crippen MR) is 142 cm³/mol. The Morgan fingerprint density at radius 1 is 1.21 bits per heavy atom. The number of aliphatic hydroxyl groups excluding tert-OH is 1. The second-order valence-electron chi connectivity index (χ2n) is 8.26. The standard InChI is InChI=1S/C25H35N5O2S2/c1-5-30(6-2)14-13-27-34(4,32)21-11-9-20(10-12-21)16-24-26-17-22(23-8-7-15-33-23)25(29-24)28-19(3)18-31/h7-12,15,17,19,31H,5-6,13-14,16,18H2,1-4H3,(H,26,28,29)/t19-,34?/m1/s1. The Balaban J connectivity index is 1.75. The SMILES string of the molecule is CCN(CC)CCN=S(C)(=O)c1ccc(Cc2ncc(-c3cccs3)c(N[C@H](C)CO)n2)cc1. The van der Waals surface area contributed by atoms with Crippen molar-refractivity contribution in [2.75, 3.05) is 44.4 Å². The summed E-state index contributed by atoms with van der Waals surface area (Å²) in [6, 6.07) is 11.6. The highest BCUT2D eigenvalue weighted by Gasteiger charge is 2.13. The summed E-state index contributed by atoms with van der Waals surface area (Å²) in [7, 11) is -2.43. The second kappa shape index (κ2) is 12.4. The van der Waals surface area contributed by atoms with Crippen LogP contribution in [-0.2, 0) is 16.1 Å². The van der Waals surface area contributed by atoms with E-state index in [1.807, 2.05) is 54.9 Å². The highest BCUT2D eigenvalue weighted by molar-refractivity contribution is 7.93. The molecule has 34 heavy (non-hydrogen) atoms. The zero-order chi connectivity index (χ0) is 24.6. The van der Waals surface area contributed by atoms with E-state index >= 15 is 0 Å². The average molecular weight is 502 g/mol. The zero-order valence-electron chi connectivity index (χ0n) is 20.4. The normalized spacial score (nSPS) is 14.1. The van der Waals surface area contributed by atoms with Crippen molar-refractivity contribution in [2.45, 2.75) is 38.1 Å². The summed E-state index contributed by atoms with van der Waals surface area (Å²) in [4.78, 5) is 13.4. The van der Waals surface area contributed by atoms with Crippen molar-refractivity contribution in [1.29, 1.82) is 0 Å². The maximum Gasteiger partial charge on any atom is 0.138 e. The first-order valence-corrected chi connectivity index (χ1v) is 14.4. The molecule has 2 heterocycles. The van der Waals surface area contributed by atoms with Gasteiger partial charge in [-0.1, -0.05) is 32.0 Å². The third-order valence-corrected chi connectivity index (χ3v) is 8.38. The maximum absolute atomic E-state index is 13.1. The molecule has 0 radical (unpaired) electrons. The fourth-order valence-corrected chi connectivity index (χ4v) is 5.48. The molecule has 184 valence electrons. The summed E-state index contributed by atoms with van der Waals surface area (Å²) in [6.45, 7) is 9.49. The monoisotopic (exact) mass is 501 g/mol. The van der Waals surface area contributed by atoms with Gasteiger partial charge in [0.15, 0.2) is 0 Å². The molecule has 2 atom stereocenters. The van der Waals surface area contributed by atoms with E-state index in [0.29, 0.717) is 24.6 Å². The van der Waals surface area contributed by atoms with Crippen molar-refractivity contribution in [3.8, 4) is 10.4 Å². The van der Waals surface area contributed by atoms with Crippen LogP contribution in [0.15, 0.2) is 57.2 Å². The number of nitrogens with one attached hydrogen (secondary N) is 1. The lowest BCUT2D eigenvalue weighted by Crippen LogP contribution is -2.26. The van der Waals surface area contributed by atoms with Crippen molar-refractivity contribution < 1.29 is 9.32 Å². The summed E-state index contributed by atoms with van der Waals surface area (Å²) in [5.74, 6) is 1.40. The number of anilines is 1. The summed E-state index contributed by atoms with van der Waals surface area (Å²) in [6.07, 6.45) is 4.09. The molecule has 1 aromatic carbocycles. The molecule has 0 saturated carbocycles. The molecule has 2 N–H and O–H groups in total. The first-order chi connectivity index (χ1) is 16.4. The van der Waals surface area contributed by atoms with Crippen LogP contribution in [0.25, 0.3) is 10.4 Å². The Bertz CT molecular complexity index is 1150. The van der Waals surface area contributed by atoms with Gasteiger partial charge in [-0.3, -0.25) is 0 Å². The fourth-order valence-electron chi connectivity index (χ4n) is 3.52. The van der Waals surface area contributed by atoms with Crippen LogP contribution >= 0.6 is 11.3 Å². The van der Waals surface area contributed by atoms with E-state index < -0.39 is 9.73 Å². The van der Waals surface area contributed by atoms with E-state index in [0.717, 1.165) is 40.5 Å². The van der Waals surface area contributed by atoms with Crippen LogP contribution in [0.1, 0.15) is 32.2 Å². The molecule has 0 saturated heterocycles. The number of nitrogens with zero attached hydrogens (tertiary/aromatic N) is 4. The number of hydrogen-bond donors (Lipinski definition) is 2. The third-order valence-electron chi connectivity index (χ3n) is 5.65. The summed E-state index contributed by atoms with van der Waals surface area (Å²) in [5.41, 5.74) is 1.96. The van der Waals surface area contributed by atoms with Crippen LogP contribution < -0.4 is 5.32 Å². The van der Waals surface area contributed by atoms with Gasteiger partial charge in [-0.25, -0.2) is 18.5 Å². The van der Waals surface area contributed by atoms with Crippen molar-refractivity contribution >= 4 is 26.9 Å². The second-order valence-corrected chi connectivity index (χ2v) is 11.5. The Morgan fingerprint density at radius 3 is 2.56 bits per heavy atom. The van der Waals surface area contributed by atoms with Gasteiger partial charge >= 0.3 is 0 Å². The molecule has 0 fully saturated rings. The predicted octanol–water partition coefficient (Wildman–Crippen LogP) is 4.39. The van der Waals surface area contributed by atoms with Gasteiger partial charge in [-0.2, -0.15) is 0 Å². The molecule has 0 amide bonds. The zero-order valence-corrected chi connectivity index (χ0v) is 22.0. The van der Waals surface area contributed by atoms with E-state index in [2.05, 4.69) is 33.4 Å². The van der Waals surface area contributed by atoms with E-state index in [4.69, 9.17) is 4.98 Å². The molecule has 0 bridgehead atoms. The number of rotatable bonds is 12. The number of hydrogen-bond acceptors (Lipinski definition) is 8. The van der Waals surface area contributed by atoms with Gasteiger partial charge < -0.3 is 15.3 Å². The molecule has 7 nitrogen and oxygen atoms in total. The molecule has 2 aromatic heterocycles. The first-order valence-electron chi connectivity index (χ1n) is 11.6. The highest BCUT2D eigenvalue weighted by atomic mass is 32.2. The first kappa shape index (κ1) is 26.3. The topological polar surface area (TPSA) is 90.7 Å². The lowest BCUT2D eigenvalue weighted by Gasteiger charge is -2.16. The number of likely N-dealkylation sites (N-methyl/N-ethyl adjacent to an activating group) is 1. The summed E-state index contributed by atoms with van der Waals surface area (Å²) in [5, 5.41) is 14.8. The van der Waals surface area contributed by atoms with E-state index in [1.54, 1.807) is 17.6 Å². The van der Waals surface area contributed by atoms with Gasteiger partial charge in [0.1, 0.15) is 11.6 Å². The lowest BCUT2D eigenvalue weighted by molar-refractivity contribution is 0.281. The summed E-state index contributed by atoms with van der Waals surface area (Å²) >= 11 is 1.63. The van der Waals surface area contributed by atoms with Crippen LogP contribution in [0.4, 0.5) is 5.82 Å². The Hall–Kier alpha value is -2.33. The molecule has 0 spiro atoms. The molecular formula is C25H35N5O2S2. The minimum Gasteiger partial charge on any atom is -0.394 e. The van der Waals surface area contributed by atoms with Gasteiger partial charge in [0.05, 0.1) is 28.4 Å². The van der Waals surface area contributed by atoms with Gasteiger partial charge in [-0.05, 0) is 49.2 Å². The number of aromatic nitrogens is 2. The molecule has 0 aliphatic carbocycles. The quantitative estimate of drug-likeness (QED) is 0.383. The average Bonchev–Trinajstić information content (AvgIpc) is 3.37. The molecular weight excluding hydrogens is 466 g/mol. The third kappa shape index (κ3) is 7.09. The fraction of sp³-hybridized carbons (Fsp3) is 0.440. The Labute approximate surface area is 207 Å². The maximum atomic E-state index is 13.1. The minimum atomic E-state index is -2.43. The van der Waals surface area contributed by atoms with Crippen molar-refractivity contribution in [1.82, 2.24) is 14.9 Å². The largest absolute Gasteiger partial charge is 0.394 e. The van der Waals surface area contributed by atoms with E-state index in [1.165, 1.54) is 0 Å². The molecule has 1 unspecified atom stereocenters. The molecule has 3 rings (SSSR count). The Morgan fingerprint density at radius 2 is 1.94 bits per heavy atom. The summed E-state index contributed by atoms with van der Waals surface area (Å²) < 4.78 is 17.6. The number of thiophene rings is 1. The molecule has 9 heteroatoms. The van der Waals surface area contributed by atoms with Crippen molar-refractivity contribution in [3.63, 3.8) is 0 Å². The lowest BCUT2D eigenvalue weighted by atomic mass is 10.1. The van der Waals surface area contributed by atoms with Crippen LogP contribution in [0.2, 0.25) is 0 Å². The number of benzene rings is 1. The van der Waals surface area contributed by atoms with Crippen LogP contribution in [0, 0.1) is 0 Å². The minimum absolute atomic E-state index is 0.0148. The number of aliphatic hydroxyl groups is 1. The van der Waals surface area contributed by atoms with Crippen molar-refractivity contribution in [3.05, 3.63) is 59.4 Å². The van der Waals surface area contributed by atoms with Crippen LogP contribution in [0.3, 0.4) is 0 Å². The highest BCUT2D eigenvalue weighted by Crippen LogP contribution is 2.30. The molecule has 0 aliphatic rings. The van der Waals surface area contributed by atoms with Gasteiger partial charge in [0.2, 0.25) is 0 Å².